The topological polar surface area (TPSA) is 39.1 Å². The number of nitrogens with zero attached hydrogens (tertiary/aromatic N) is 2. The van der Waals surface area contributed by atoms with Crippen LogP contribution in [0.4, 0.5) is 0 Å². The third kappa shape index (κ3) is 4.25. The maximum atomic E-state index is 5.99. The summed E-state index contributed by atoms with van der Waals surface area (Å²) in [6.07, 6.45) is 0.908. The molecular formula is C22H29N3O. The molecule has 1 N–H and O–H groups in total. The molecular weight excluding hydrogens is 322 g/mol. The minimum Gasteiger partial charge on any atom is -0.492 e. The highest BCUT2D eigenvalue weighted by molar-refractivity contribution is 5.75. The number of likely N-dealkylation sites (N-methyl/N-ethyl adjacent to an activating group) is 1. The van der Waals surface area contributed by atoms with Gasteiger partial charge in [-0.25, -0.2) is 4.98 Å². The Kier molecular flexibility index (Phi) is 5.62. The Bertz CT molecular complexity index is 844. The Hall–Kier alpha value is -2.33. The van der Waals surface area contributed by atoms with Gasteiger partial charge in [-0.05, 0) is 42.3 Å². The van der Waals surface area contributed by atoms with E-state index in [1.807, 2.05) is 13.1 Å². The fourth-order valence-electron chi connectivity index (χ4n) is 3.11. The number of rotatable bonds is 7. The van der Waals surface area contributed by atoms with Crippen molar-refractivity contribution in [2.45, 2.75) is 39.2 Å². The lowest BCUT2D eigenvalue weighted by atomic mass is 9.87. The SMILES string of the molecule is CNCCc1nc2ccccc2n1CCOc1ccc(C(C)(C)C)cc1. The van der Waals surface area contributed by atoms with Gasteiger partial charge in [0.1, 0.15) is 18.2 Å². The molecule has 138 valence electrons. The maximum Gasteiger partial charge on any atom is 0.119 e. The third-order valence-corrected chi connectivity index (χ3v) is 4.64. The Labute approximate surface area is 156 Å². The minimum absolute atomic E-state index is 0.163. The van der Waals surface area contributed by atoms with Crippen molar-refractivity contribution in [3.63, 3.8) is 0 Å². The average Bonchev–Trinajstić information content (AvgIpc) is 2.97. The lowest BCUT2D eigenvalue weighted by Gasteiger charge is -2.19. The van der Waals surface area contributed by atoms with E-state index in [0.717, 1.165) is 36.6 Å². The predicted octanol–water partition coefficient (Wildman–Crippen LogP) is 4.17. The van der Waals surface area contributed by atoms with E-state index in [-0.39, 0.29) is 5.41 Å². The highest BCUT2D eigenvalue weighted by atomic mass is 16.5. The highest BCUT2D eigenvalue weighted by Crippen LogP contribution is 2.24. The lowest BCUT2D eigenvalue weighted by Crippen LogP contribution is -2.16. The van der Waals surface area contributed by atoms with Gasteiger partial charge in [0.2, 0.25) is 0 Å². The summed E-state index contributed by atoms with van der Waals surface area (Å²) >= 11 is 0. The fourth-order valence-corrected chi connectivity index (χ4v) is 3.11. The normalized spacial score (nSPS) is 11.8. The second-order valence-corrected chi connectivity index (χ2v) is 7.64. The van der Waals surface area contributed by atoms with Crippen LogP contribution in [0.2, 0.25) is 0 Å². The largest absolute Gasteiger partial charge is 0.492 e. The molecule has 0 aliphatic heterocycles. The number of benzene rings is 2. The van der Waals surface area contributed by atoms with Gasteiger partial charge in [-0.3, -0.25) is 0 Å². The average molecular weight is 351 g/mol. The van der Waals surface area contributed by atoms with E-state index in [9.17, 15) is 0 Å². The molecule has 4 nitrogen and oxygen atoms in total. The number of ether oxygens (including phenoxy) is 1. The first-order chi connectivity index (χ1) is 12.5. The van der Waals surface area contributed by atoms with Crippen LogP contribution in [0.5, 0.6) is 5.75 Å². The van der Waals surface area contributed by atoms with E-state index in [1.165, 1.54) is 11.1 Å². The Balaban J connectivity index is 1.69. The van der Waals surface area contributed by atoms with Crippen molar-refractivity contribution in [2.75, 3.05) is 20.2 Å². The Morgan fingerprint density at radius 3 is 2.46 bits per heavy atom. The van der Waals surface area contributed by atoms with Gasteiger partial charge >= 0.3 is 0 Å². The van der Waals surface area contributed by atoms with Gasteiger partial charge in [0.25, 0.3) is 0 Å². The third-order valence-electron chi connectivity index (χ3n) is 4.64. The van der Waals surface area contributed by atoms with Gasteiger partial charge < -0.3 is 14.6 Å². The summed E-state index contributed by atoms with van der Waals surface area (Å²) in [5.74, 6) is 2.02. The van der Waals surface area contributed by atoms with Crippen LogP contribution in [-0.4, -0.2) is 29.8 Å². The summed E-state index contributed by atoms with van der Waals surface area (Å²) in [5.41, 5.74) is 3.70. The number of imidazole rings is 1. The molecule has 0 amide bonds. The van der Waals surface area contributed by atoms with Crippen molar-refractivity contribution >= 4 is 11.0 Å². The Morgan fingerprint density at radius 2 is 1.77 bits per heavy atom. The van der Waals surface area contributed by atoms with Gasteiger partial charge in [-0.15, -0.1) is 0 Å². The second kappa shape index (κ2) is 7.92. The number of nitrogens with one attached hydrogen (secondary N) is 1. The van der Waals surface area contributed by atoms with Crippen LogP contribution >= 0.6 is 0 Å². The van der Waals surface area contributed by atoms with Gasteiger partial charge in [-0.1, -0.05) is 45.0 Å². The number of hydrogen-bond donors (Lipinski definition) is 1. The van der Waals surface area contributed by atoms with Crippen molar-refractivity contribution in [2.24, 2.45) is 0 Å². The molecule has 0 bridgehead atoms. The van der Waals surface area contributed by atoms with Gasteiger partial charge in [0, 0.05) is 13.0 Å². The molecule has 0 aliphatic carbocycles. The molecule has 4 heteroatoms. The summed E-state index contributed by atoms with van der Waals surface area (Å²) < 4.78 is 8.27. The molecule has 0 fully saturated rings. The van der Waals surface area contributed by atoms with Crippen LogP contribution in [0, 0.1) is 0 Å². The summed E-state index contributed by atoms with van der Waals surface area (Å²) in [4.78, 5) is 4.78. The zero-order valence-electron chi connectivity index (χ0n) is 16.2. The van der Waals surface area contributed by atoms with E-state index in [1.54, 1.807) is 0 Å². The summed E-state index contributed by atoms with van der Waals surface area (Å²) in [6, 6.07) is 16.7. The standard InChI is InChI=1S/C22H29N3O/c1-22(2,3)17-9-11-18(12-10-17)26-16-15-25-20-8-6-5-7-19(20)24-21(25)13-14-23-4/h5-12,23H,13-16H2,1-4H3. The van der Waals surface area contributed by atoms with Crippen LogP contribution in [-0.2, 0) is 18.4 Å². The number of para-hydroxylation sites is 2. The number of aromatic nitrogens is 2. The summed E-state index contributed by atoms with van der Waals surface area (Å²) in [5, 5.41) is 3.20. The van der Waals surface area contributed by atoms with Crippen LogP contribution in [0.25, 0.3) is 11.0 Å². The smallest absolute Gasteiger partial charge is 0.119 e. The molecule has 0 atom stereocenters. The van der Waals surface area contributed by atoms with Crippen molar-refractivity contribution in [3.8, 4) is 5.75 Å². The maximum absolute atomic E-state index is 5.99. The molecule has 0 unspecified atom stereocenters. The molecule has 0 aliphatic rings. The van der Waals surface area contributed by atoms with Crippen LogP contribution in [0.3, 0.4) is 0 Å². The molecule has 1 heterocycles. The molecule has 0 saturated heterocycles. The number of fused-ring (bicyclic) bond motifs is 1. The van der Waals surface area contributed by atoms with Crippen molar-refractivity contribution in [3.05, 3.63) is 59.9 Å². The van der Waals surface area contributed by atoms with Crippen molar-refractivity contribution in [1.82, 2.24) is 14.9 Å². The van der Waals surface area contributed by atoms with E-state index >= 15 is 0 Å². The zero-order valence-corrected chi connectivity index (χ0v) is 16.2. The van der Waals surface area contributed by atoms with E-state index in [0.29, 0.717) is 6.61 Å². The Morgan fingerprint density at radius 1 is 1.04 bits per heavy atom. The van der Waals surface area contributed by atoms with Crippen LogP contribution < -0.4 is 10.1 Å². The summed E-state index contributed by atoms with van der Waals surface area (Å²) in [6.45, 7) is 9.00. The molecule has 0 radical (unpaired) electrons. The molecule has 26 heavy (non-hydrogen) atoms. The van der Waals surface area contributed by atoms with Crippen molar-refractivity contribution in [1.29, 1.82) is 0 Å². The monoisotopic (exact) mass is 351 g/mol. The van der Waals surface area contributed by atoms with Crippen LogP contribution in [0.15, 0.2) is 48.5 Å². The lowest BCUT2D eigenvalue weighted by molar-refractivity contribution is 0.298. The fraction of sp³-hybridized carbons (Fsp3) is 0.409. The molecule has 2 aromatic carbocycles. The minimum atomic E-state index is 0.163. The highest BCUT2D eigenvalue weighted by Gasteiger charge is 2.13. The van der Waals surface area contributed by atoms with E-state index in [2.05, 4.69) is 73.1 Å². The van der Waals surface area contributed by atoms with Crippen molar-refractivity contribution < 1.29 is 4.74 Å². The summed E-state index contributed by atoms with van der Waals surface area (Å²) in [7, 11) is 1.97. The molecule has 3 rings (SSSR count). The number of hydrogen-bond acceptors (Lipinski definition) is 3. The second-order valence-electron chi connectivity index (χ2n) is 7.64. The predicted molar refractivity (Wildman–Crippen MR) is 108 cm³/mol. The van der Waals surface area contributed by atoms with E-state index in [4.69, 9.17) is 9.72 Å². The van der Waals surface area contributed by atoms with Gasteiger partial charge in [-0.2, -0.15) is 0 Å². The molecule has 0 saturated carbocycles. The molecule has 1 aromatic heterocycles. The van der Waals surface area contributed by atoms with Gasteiger partial charge in [0.05, 0.1) is 17.6 Å². The first-order valence-corrected chi connectivity index (χ1v) is 9.31. The van der Waals surface area contributed by atoms with E-state index < -0.39 is 0 Å². The quantitative estimate of drug-likeness (QED) is 0.694. The van der Waals surface area contributed by atoms with Gasteiger partial charge in [0.15, 0.2) is 0 Å². The first-order valence-electron chi connectivity index (χ1n) is 9.31. The molecule has 3 aromatic rings. The van der Waals surface area contributed by atoms with Crippen LogP contribution in [0.1, 0.15) is 32.2 Å². The zero-order chi connectivity index (χ0) is 18.6. The first kappa shape index (κ1) is 18.5. The molecule has 0 spiro atoms.